The number of nitrogens with two attached hydrogens (primary N) is 1. The molecule has 0 aliphatic carbocycles. The minimum absolute atomic E-state index is 0.140. The van der Waals surface area contributed by atoms with Gasteiger partial charge in [0.1, 0.15) is 0 Å². The van der Waals surface area contributed by atoms with E-state index >= 15 is 0 Å². The Morgan fingerprint density at radius 3 is 2.23 bits per heavy atom. The van der Waals surface area contributed by atoms with E-state index in [2.05, 4.69) is 5.32 Å². The molecule has 0 spiro atoms. The molecular formula is C22H20N2O2. The summed E-state index contributed by atoms with van der Waals surface area (Å²) in [6.45, 7) is 1.99. The predicted molar refractivity (Wildman–Crippen MR) is 104 cm³/mol. The van der Waals surface area contributed by atoms with Crippen molar-refractivity contribution in [1.29, 1.82) is 0 Å². The summed E-state index contributed by atoms with van der Waals surface area (Å²) in [5.74, 6) is -0.488. The third-order valence-corrected chi connectivity index (χ3v) is 4.10. The number of carbonyl (C=O) groups excluding carboxylic acids is 2. The van der Waals surface area contributed by atoms with Crippen LogP contribution in [0.4, 0.5) is 5.69 Å². The van der Waals surface area contributed by atoms with E-state index in [1.807, 2.05) is 79.7 Å². The quantitative estimate of drug-likeness (QED) is 0.736. The lowest BCUT2D eigenvalue weighted by Crippen LogP contribution is -2.13. The fraction of sp³-hybridized carbons (Fsp3) is 0.0909. The lowest BCUT2D eigenvalue weighted by Gasteiger charge is -2.09. The van der Waals surface area contributed by atoms with Gasteiger partial charge in [-0.25, -0.2) is 0 Å². The number of rotatable bonds is 5. The zero-order valence-corrected chi connectivity index (χ0v) is 14.5. The maximum Gasteiger partial charge on any atom is 0.255 e. The molecule has 0 aliphatic rings. The molecule has 0 saturated heterocycles. The predicted octanol–water partition coefficient (Wildman–Crippen LogP) is 3.94. The third-order valence-electron chi connectivity index (χ3n) is 4.10. The van der Waals surface area contributed by atoms with Gasteiger partial charge in [0, 0.05) is 11.3 Å². The molecule has 3 rings (SSSR count). The van der Waals surface area contributed by atoms with Crippen molar-refractivity contribution in [3.05, 3.63) is 89.5 Å². The van der Waals surface area contributed by atoms with Crippen LogP contribution in [0.1, 0.15) is 21.5 Å². The summed E-state index contributed by atoms with van der Waals surface area (Å²) < 4.78 is 0. The van der Waals surface area contributed by atoms with Gasteiger partial charge < -0.3 is 11.1 Å². The van der Waals surface area contributed by atoms with Crippen LogP contribution in [-0.4, -0.2) is 11.8 Å². The normalized spacial score (nSPS) is 10.3. The molecule has 0 heterocycles. The standard InChI is InChI=1S/C22H20N2O2/c1-15-5-9-18(10-6-15)22(26)24-20-4-2-3-19(14-20)17-11-7-16(8-12-17)13-21(23)25/h2-12,14H,13H2,1H3,(H2,23,25)(H,24,26). The van der Waals surface area contributed by atoms with Crippen molar-refractivity contribution < 1.29 is 9.59 Å². The minimum atomic E-state index is -0.349. The SMILES string of the molecule is Cc1ccc(C(=O)Nc2cccc(-c3ccc(CC(N)=O)cc3)c2)cc1. The Kier molecular flexibility index (Phi) is 5.13. The van der Waals surface area contributed by atoms with Crippen molar-refractivity contribution >= 4 is 17.5 Å². The molecule has 4 nitrogen and oxygen atoms in total. The van der Waals surface area contributed by atoms with Gasteiger partial charge in [-0.3, -0.25) is 9.59 Å². The van der Waals surface area contributed by atoms with Gasteiger partial charge in [0.2, 0.25) is 5.91 Å². The van der Waals surface area contributed by atoms with E-state index in [9.17, 15) is 9.59 Å². The van der Waals surface area contributed by atoms with Crippen molar-refractivity contribution in [2.75, 3.05) is 5.32 Å². The van der Waals surface area contributed by atoms with Crippen LogP contribution in [0.15, 0.2) is 72.8 Å². The second-order valence-electron chi connectivity index (χ2n) is 6.24. The van der Waals surface area contributed by atoms with Crippen molar-refractivity contribution in [3.63, 3.8) is 0 Å². The first-order chi connectivity index (χ1) is 12.5. The lowest BCUT2D eigenvalue weighted by atomic mass is 10.0. The van der Waals surface area contributed by atoms with Crippen LogP contribution in [0.3, 0.4) is 0 Å². The second kappa shape index (κ2) is 7.66. The number of aryl methyl sites for hydroxylation is 1. The summed E-state index contributed by atoms with van der Waals surface area (Å²) in [6.07, 6.45) is 0.229. The highest BCUT2D eigenvalue weighted by atomic mass is 16.2. The van der Waals surface area contributed by atoms with Crippen LogP contribution < -0.4 is 11.1 Å². The zero-order chi connectivity index (χ0) is 18.5. The van der Waals surface area contributed by atoms with Gasteiger partial charge in [-0.15, -0.1) is 0 Å². The molecule has 0 bridgehead atoms. The van der Waals surface area contributed by atoms with Gasteiger partial charge in [0.25, 0.3) is 5.91 Å². The lowest BCUT2D eigenvalue weighted by molar-refractivity contribution is -0.117. The molecule has 26 heavy (non-hydrogen) atoms. The maximum atomic E-state index is 12.4. The topological polar surface area (TPSA) is 72.2 Å². The van der Waals surface area contributed by atoms with E-state index in [-0.39, 0.29) is 18.2 Å². The molecule has 0 unspecified atom stereocenters. The largest absolute Gasteiger partial charge is 0.369 e. The van der Waals surface area contributed by atoms with Crippen LogP contribution in [0.5, 0.6) is 0 Å². The summed E-state index contributed by atoms with van der Waals surface area (Å²) in [4.78, 5) is 23.4. The highest BCUT2D eigenvalue weighted by Crippen LogP contribution is 2.23. The van der Waals surface area contributed by atoms with Crippen LogP contribution in [0.25, 0.3) is 11.1 Å². The zero-order valence-electron chi connectivity index (χ0n) is 14.5. The first-order valence-electron chi connectivity index (χ1n) is 8.37. The Morgan fingerprint density at radius 1 is 0.885 bits per heavy atom. The second-order valence-corrected chi connectivity index (χ2v) is 6.24. The van der Waals surface area contributed by atoms with Gasteiger partial charge in [0.05, 0.1) is 6.42 Å². The molecule has 2 amide bonds. The number of primary amides is 1. The Hall–Kier alpha value is -3.40. The number of carbonyl (C=O) groups is 2. The highest BCUT2D eigenvalue weighted by molar-refractivity contribution is 6.04. The summed E-state index contributed by atoms with van der Waals surface area (Å²) in [7, 11) is 0. The monoisotopic (exact) mass is 344 g/mol. The minimum Gasteiger partial charge on any atom is -0.369 e. The van der Waals surface area contributed by atoms with Gasteiger partial charge in [-0.1, -0.05) is 54.1 Å². The molecule has 3 N–H and O–H groups in total. The molecule has 0 aromatic heterocycles. The van der Waals surface area contributed by atoms with Crippen molar-refractivity contribution in [3.8, 4) is 11.1 Å². The van der Waals surface area contributed by atoms with Gasteiger partial charge in [-0.2, -0.15) is 0 Å². The van der Waals surface area contributed by atoms with Crippen molar-refractivity contribution in [1.82, 2.24) is 0 Å². The van der Waals surface area contributed by atoms with Crippen LogP contribution in [-0.2, 0) is 11.2 Å². The first kappa shape index (κ1) is 17.4. The molecule has 3 aromatic carbocycles. The van der Waals surface area contributed by atoms with Crippen molar-refractivity contribution in [2.45, 2.75) is 13.3 Å². The Bertz CT molecular complexity index is 929. The van der Waals surface area contributed by atoms with E-state index in [0.29, 0.717) is 5.56 Å². The number of hydrogen-bond donors (Lipinski definition) is 2. The summed E-state index contributed by atoms with van der Waals surface area (Å²) in [5, 5.41) is 2.93. The summed E-state index contributed by atoms with van der Waals surface area (Å²) >= 11 is 0. The van der Waals surface area contributed by atoms with Crippen LogP contribution in [0.2, 0.25) is 0 Å². The van der Waals surface area contributed by atoms with E-state index in [1.165, 1.54) is 0 Å². The van der Waals surface area contributed by atoms with Gasteiger partial charge >= 0.3 is 0 Å². The molecule has 0 radical (unpaired) electrons. The molecule has 0 aliphatic heterocycles. The summed E-state index contributed by atoms with van der Waals surface area (Å²) in [6, 6.07) is 22.8. The van der Waals surface area contributed by atoms with Crippen molar-refractivity contribution in [2.24, 2.45) is 5.73 Å². The maximum absolute atomic E-state index is 12.4. The number of anilines is 1. The molecule has 130 valence electrons. The van der Waals surface area contributed by atoms with Gasteiger partial charge in [-0.05, 0) is 47.9 Å². The number of amides is 2. The van der Waals surface area contributed by atoms with E-state index < -0.39 is 0 Å². The highest BCUT2D eigenvalue weighted by Gasteiger charge is 2.07. The summed E-state index contributed by atoms with van der Waals surface area (Å²) in [5.41, 5.74) is 10.6. The van der Waals surface area contributed by atoms with E-state index in [1.54, 1.807) is 0 Å². The molecule has 3 aromatic rings. The Morgan fingerprint density at radius 2 is 1.58 bits per heavy atom. The molecule has 4 heteroatoms. The Balaban J connectivity index is 1.76. The average molecular weight is 344 g/mol. The van der Waals surface area contributed by atoms with Gasteiger partial charge in [0.15, 0.2) is 0 Å². The third kappa shape index (κ3) is 4.36. The van der Waals surface area contributed by atoms with E-state index in [4.69, 9.17) is 5.73 Å². The number of hydrogen-bond acceptors (Lipinski definition) is 2. The van der Waals surface area contributed by atoms with Crippen LogP contribution in [0, 0.1) is 6.92 Å². The van der Waals surface area contributed by atoms with E-state index in [0.717, 1.165) is 27.9 Å². The fourth-order valence-electron chi connectivity index (χ4n) is 2.70. The first-order valence-corrected chi connectivity index (χ1v) is 8.37. The molecule has 0 fully saturated rings. The Labute approximate surface area is 152 Å². The van der Waals surface area contributed by atoms with Crippen LogP contribution >= 0.6 is 0 Å². The molecular weight excluding hydrogens is 324 g/mol. The molecule has 0 atom stereocenters. The number of benzene rings is 3. The smallest absolute Gasteiger partial charge is 0.255 e. The average Bonchev–Trinajstić information content (AvgIpc) is 2.62. The molecule has 0 saturated carbocycles. The number of nitrogens with one attached hydrogen (secondary N) is 1. The fourth-order valence-corrected chi connectivity index (χ4v) is 2.70.